The summed E-state index contributed by atoms with van der Waals surface area (Å²) in [6.07, 6.45) is 1.76. The fraction of sp³-hybridized carbons (Fsp3) is 0.200. The lowest BCUT2D eigenvalue weighted by atomic mass is 10.2. The van der Waals surface area contributed by atoms with Gasteiger partial charge in [0.25, 0.3) is 5.91 Å². The summed E-state index contributed by atoms with van der Waals surface area (Å²) in [5, 5.41) is 1.22. The highest BCUT2D eigenvalue weighted by molar-refractivity contribution is 8.18. The van der Waals surface area contributed by atoms with Gasteiger partial charge in [0, 0.05) is 11.6 Å². The van der Waals surface area contributed by atoms with Gasteiger partial charge >= 0.3 is 0 Å². The minimum Gasteiger partial charge on any atom is -0.286 e. The first-order chi connectivity index (χ1) is 12.4. The number of nitrogens with zero attached hydrogens (tertiary/aromatic N) is 2. The molecule has 3 rings (SSSR count). The van der Waals surface area contributed by atoms with Crippen LogP contribution in [0, 0.1) is 11.7 Å². The number of amides is 1. The van der Waals surface area contributed by atoms with Crippen LogP contribution in [0.3, 0.4) is 0 Å². The molecule has 2 aromatic rings. The van der Waals surface area contributed by atoms with Crippen molar-refractivity contribution in [3.8, 4) is 0 Å². The minimum absolute atomic E-state index is 0.0891. The number of rotatable bonds is 4. The summed E-state index contributed by atoms with van der Waals surface area (Å²) in [6.45, 7) is 4.68. The van der Waals surface area contributed by atoms with Crippen molar-refractivity contribution in [2.24, 2.45) is 10.9 Å². The van der Waals surface area contributed by atoms with Crippen LogP contribution in [0.5, 0.6) is 0 Å². The van der Waals surface area contributed by atoms with Crippen LogP contribution in [-0.2, 0) is 4.79 Å². The van der Waals surface area contributed by atoms with Crippen LogP contribution < -0.4 is 0 Å². The third-order valence-corrected chi connectivity index (χ3v) is 4.88. The van der Waals surface area contributed by atoms with E-state index in [0.717, 1.165) is 5.56 Å². The maximum atomic E-state index is 13.1. The molecule has 0 aromatic heterocycles. The SMILES string of the molecule is CC(C)CN1C(=O)/C(=C\c2ccc(F)cc2)SC1=Nc1cccc(Cl)c1. The van der Waals surface area contributed by atoms with Crippen molar-refractivity contribution in [2.45, 2.75) is 13.8 Å². The first-order valence-electron chi connectivity index (χ1n) is 8.23. The second kappa shape index (κ2) is 8.06. The molecule has 1 aliphatic heterocycles. The van der Waals surface area contributed by atoms with Gasteiger partial charge in [0.05, 0.1) is 10.6 Å². The zero-order chi connectivity index (χ0) is 18.7. The van der Waals surface area contributed by atoms with Crippen molar-refractivity contribution in [3.05, 3.63) is 69.8 Å². The van der Waals surface area contributed by atoms with Crippen LogP contribution in [-0.4, -0.2) is 22.5 Å². The minimum atomic E-state index is -0.304. The van der Waals surface area contributed by atoms with Crippen molar-refractivity contribution < 1.29 is 9.18 Å². The monoisotopic (exact) mass is 388 g/mol. The quantitative estimate of drug-likeness (QED) is 0.625. The summed E-state index contributed by atoms with van der Waals surface area (Å²) in [6, 6.07) is 13.3. The molecule has 0 atom stereocenters. The van der Waals surface area contributed by atoms with Crippen LogP contribution >= 0.6 is 23.4 Å². The fourth-order valence-corrected chi connectivity index (χ4v) is 3.68. The molecule has 0 radical (unpaired) electrons. The second-order valence-electron chi connectivity index (χ2n) is 6.35. The summed E-state index contributed by atoms with van der Waals surface area (Å²) < 4.78 is 13.1. The highest BCUT2D eigenvalue weighted by Crippen LogP contribution is 2.35. The number of aliphatic imine (C=N–C) groups is 1. The van der Waals surface area contributed by atoms with Crippen LogP contribution in [0.4, 0.5) is 10.1 Å². The highest BCUT2D eigenvalue weighted by atomic mass is 35.5. The van der Waals surface area contributed by atoms with Crippen LogP contribution in [0.25, 0.3) is 6.08 Å². The van der Waals surface area contributed by atoms with Gasteiger partial charge in [0.15, 0.2) is 5.17 Å². The van der Waals surface area contributed by atoms with Gasteiger partial charge in [-0.25, -0.2) is 9.38 Å². The van der Waals surface area contributed by atoms with E-state index in [-0.39, 0.29) is 11.7 Å². The number of benzene rings is 2. The number of thioether (sulfide) groups is 1. The third kappa shape index (κ3) is 4.54. The largest absolute Gasteiger partial charge is 0.286 e. The number of hydrogen-bond acceptors (Lipinski definition) is 3. The molecule has 2 aromatic carbocycles. The number of carbonyl (C=O) groups is 1. The molecule has 1 saturated heterocycles. The zero-order valence-corrected chi connectivity index (χ0v) is 16.0. The van der Waals surface area contributed by atoms with Gasteiger partial charge in [-0.3, -0.25) is 9.69 Å². The smallest absolute Gasteiger partial charge is 0.266 e. The molecule has 0 aliphatic carbocycles. The molecule has 26 heavy (non-hydrogen) atoms. The molecule has 0 saturated carbocycles. The molecule has 0 spiro atoms. The van der Waals surface area contributed by atoms with Gasteiger partial charge in [0.2, 0.25) is 0 Å². The van der Waals surface area contributed by atoms with Crippen molar-refractivity contribution in [3.63, 3.8) is 0 Å². The average molecular weight is 389 g/mol. The van der Waals surface area contributed by atoms with Gasteiger partial charge in [-0.1, -0.05) is 43.6 Å². The van der Waals surface area contributed by atoms with E-state index < -0.39 is 0 Å². The maximum absolute atomic E-state index is 13.1. The Labute approximate surface area is 161 Å². The van der Waals surface area contributed by atoms with E-state index in [1.807, 2.05) is 12.1 Å². The predicted molar refractivity (Wildman–Crippen MR) is 107 cm³/mol. The molecule has 134 valence electrons. The van der Waals surface area contributed by atoms with Crippen LogP contribution in [0.2, 0.25) is 5.02 Å². The molecule has 1 heterocycles. The van der Waals surface area contributed by atoms with Crippen molar-refractivity contribution in [1.82, 2.24) is 4.90 Å². The van der Waals surface area contributed by atoms with Crippen molar-refractivity contribution >= 4 is 46.2 Å². The molecule has 6 heteroatoms. The Bertz CT molecular complexity index is 878. The second-order valence-corrected chi connectivity index (χ2v) is 7.79. The van der Waals surface area contributed by atoms with Gasteiger partial charge in [0.1, 0.15) is 5.82 Å². The summed E-state index contributed by atoms with van der Waals surface area (Å²) in [5.74, 6) is -0.0923. The van der Waals surface area contributed by atoms with Crippen LogP contribution in [0.15, 0.2) is 58.4 Å². The highest BCUT2D eigenvalue weighted by Gasteiger charge is 2.33. The lowest BCUT2D eigenvalue weighted by molar-refractivity contribution is -0.122. The van der Waals surface area contributed by atoms with Gasteiger partial charge in [-0.2, -0.15) is 0 Å². The van der Waals surface area contributed by atoms with E-state index >= 15 is 0 Å². The molecule has 1 aliphatic rings. The lowest BCUT2D eigenvalue weighted by Crippen LogP contribution is -2.32. The van der Waals surface area contributed by atoms with E-state index in [2.05, 4.69) is 18.8 Å². The molecule has 1 amide bonds. The van der Waals surface area contributed by atoms with Crippen LogP contribution in [0.1, 0.15) is 19.4 Å². The van der Waals surface area contributed by atoms with Gasteiger partial charge in [-0.05, 0) is 59.7 Å². The molecule has 0 unspecified atom stereocenters. The fourth-order valence-electron chi connectivity index (χ4n) is 2.48. The van der Waals surface area contributed by atoms with E-state index in [9.17, 15) is 9.18 Å². The topological polar surface area (TPSA) is 32.7 Å². The lowest BCUT2D eigenvalue weighted by Gasteiger charge is -2.17. The van der Waals surface area contributed by atoms with Crippen molar-refractivity contribution in [2.75, 3.05) is 6.54 Å². The Kier molecular flexibility index (Phi) is 5.79. The Hall–Kier alpha value is -2.11. The first kappa shape index (κ1) is 18.7. The molecule has 0 bridgehead atoms. The van der Waals surface area contributed by atoms with Crippen molar-refractivity contribution in [1.29, 1.82) is 0 Å². The molecule has 1 fully saturated rings. The maximum Gasteiger partial charge on any atom is 0.266 e. The Morgan fingerprint density at radius 1 is 1.23 bits per heavy atom. The standard InChI is InChI=1S/C20H18ClFN2OS/c1-13(2)12-24-19(25)18(10-14-6-8-16(22)9-7-14)26-20(24)23-17-5-3-4-15(21)11-17/h3-11,13H,12H2,1-2H3/b18-10+,23-20?. The molecular formula is C20H18ClFN2OS. The van der Waals surface area contributed by atoms with Gasteiger partial charge in [-0.15, -0.1) is 0 Å². The zero-order valence-electron chi connectivity index (χ0n) is 14.4. The Morgan fingerprint density at radius 2 is 1.96 bits per heavy atom. The molecule has 0 N–H and O–H groups in total. The summed E-state index contributed by atoms with van der Waals surface area (Å²) in [5.41, 5.74) is 1.47. The predicted octanol–water partition coefficient (Wildman–Crippen LogP) is 5.74. The Balaban J connectivity index is 1.95. The number of amidine groups is 1. The average Bonchev–Trinajstić information content (AvgIpc) is 2.85. The summed E-state index contributed by atoms with van der Waals surface area (Å²) >= 11 is 7.35. The molecule has 3 nitrogen and oxygen atoms in total. The third-order valence-electron chi connectivity index (χ3n) is 3.64. The Morgan fingerprint density at radius 3 is 2.62 bits per heavy atom. The van der Waals surface area contributed by atoms with E-state index in [1.165, 1.54) is 23.9 Å². The van der Waals surface area contributed by atoms with E-state index in [1.54, 1.807) is 35.2 Å². The molecular weight excluding hydrogens is 371 g/mol. The number of carbonyl (C=O) groups excluding carboxylic acids is 1. The summed E-state index contributed by atoms with van der Waals surface area (Å²) in [7, 11) is 0. The number of hydrogen-bond donors (Lipinski definition) is 0. The van der Waals surface area contributed by atoms with E-state index in [4.69, 9.17) is 11.6 Å². The van der Waals surface area contributed by atoms with E-state index in [0.29, 0.717) is 33.2 Å². The van der Waals surface area contributed by atoms with Gasteiger partial charge < -0.3 is 0 Å². The normalized spacial score (nSPS) is 17.7. The summed E-state index contributed by atoms with van der Waals surface area (Å²) in [4.78, 5) is 19.7. The number of halogens is 2. The first-order valence-corrected chi connectivity index (χ1v) is 9.43.